The molecule has 0 atom stereocenters. The maximum Gasteiger partial charge on any atom is 0.238 e. The molecule has 0 saturated carbocycles. The lowest BCUT2D eigenvalue weighted by Crippen LogP contribution is -2.30. The van der Waals surface area contributed by atoms with E-state index in [4.69, 9.17) is 10.5 Å². The number of carbonyl (C=O) groups is 1. The molecule has 8 nitrogen and oxygen atoms in total. The maximum absolute atomic E-state index is 12.2. The van der Waals surface area contributed by atoms with Gasteiger partial charge in [-0.15, -0.1) is 0 Å². The third-order valence-electron chi connectivity index (χ3n) is 4.57. The Kier molecular flexibility index (Phi) is 7.17. The first kappa shape index (κ1) is 21.8. The Labute approximate surface area is 180 Å². The van der Waals surface area contributed by atoms with Gasteiger partial charge in [-0.1, -0.05) is 24.3 Å². The molecule has 0 aliphatic heterocycles. The number of phenolic OH excluding ortho intramolecular Hbond substituents is 1. The van der Waals surface area contributed by atoms with E-state index >= 15 is 0 Å². The number of rotatable bonds is 8. The summed E-state index contributed by atoms with van der Waals surface area (Å²) < 4.78 is 4.94. The fourth-order valence-electron chi connectivity index (χ4n) is 3.08. The zero-order valence-corrected chi connectivity index (χ0v) is 17.1. The monoisotopic (exact) mass is 417 g/mol. The molecule has 0 fully saturated rings. The number of aromatic hydroxyl groups is 1. The quantitative estimate of drug-likeness (QED) is 0.414. The van der Waals surface area contributed by atoms with Crippen LogP contribution in [0.1, 0.15) is 5.56 Å². The normalized spacial score (nSPS) is 10.5. The molecule has 0 bridgehead atoms. The number of nitrogens with one attached hydrogen (secondary N) is 2. The van der Waals surface area contributed by atoms with Crippen LogP contribution in [0.15, 0.2) is 54.6 Å². The van der Waals surface area contributed by atoms with Gasteiger partial charge in [0.05, 0.1) is 18.8 Å². The van der Waals surface area contributed by atoms with E-state index in [-0.39, 0.29) is 29.6 Å². The lowest BCUT2D eigenvalue weighted by molar-refractivity contribution is -0.115. The van der Waals surface area contributed by atoms with Crippen molar-refractivity contribution < 1.29 is 14.6 Å². The molecule has 2 aromatic carbocycles. The largest absolute Gasteiger partial charge is 0.507 e. The van der Waals surface area contributed by atoms with E-state index in [0.717, 1.165) is 0 Å². The number of benzene rings is 2. The van der Waals surface area contributed by atoms with Crippen LogP contribution in [0.3, 0.4) is 0 Å². The second-order valence-corrected chi connectivity index (χ2v) is 6.74. The minimum absolute atomic E-state index is 0.0621. The zero-order chi connectivity index (χ0) is 22.2. The van der Waals surface area contributed by atoms with E-state index in [9.17, 15) is 15.2 Å². The van der Waals surface area contributed by atoms with Gasteiger partial charge >= 0.3 is 0 Å². The van der Waals surface area contributed by atoms with Gasteiger partial charge in [-0.05, 0) is 35.9 Å². The van der Waals surface area contributed by atoms with Crippen LogP contribution >= 0.6 is 0 Å². The summed E-state index contributed by atoms with van der Waals surface area (Å²) in [7, 11) is 1.60. The van der Waals surface area contributed by atoms with Crippen molar-refractivity contribution in [1.82, 2.24) is 10.3 Å². The van der Waals surface area contributed by atoms with E-state index in [1.165, 1.54) is 0 Å². The first-order chi connectivity index (χ1) is 15.0. The number of anilines is 2. The number of aromatic nitrogens is 1. The van der Waals surface area contributed by atoms with Crippen molar-refractivity contribution in [3.8, 4) is 34.2 Å². The third-order valence-corrected chi connectivity index (χ3v) is 4.57. The van der Waals surface area contributed by atoms with Crippen molar-refractivity contribution in [1.29, 1.82) is 5.26 Å². The van der Waals surface area contributed by atoms with Crippen LogP contribution in [0, 0.1) is 11.3 Å². The topological polar surface area (TPSA) is 133 Å². The van der Waals surface area contributed by atoms with Crippen LogP contribution in [-0.4, -0.2) is 42.8 Å². The van der Waals surface area contributed by atoms with Crippen LogP contribution in [0.5, 0.6) is 5.75 Å². The number of hydrogen-bond acceptors (Lipinski definition) is 7. The van der Waals surface area contributed by atoms with E-state index < -0.39 is 0 Å². The summed E-state index contributed by atoms with van der Waals surface area (Å²) in [4.78, 5) is 16.4. The lowest BCUT2D eigenvalue weighted by Gasteiger charge is -2.13. The number of nitriles is 1. The predicted octanol–water partition coefficient (Wildman–Crippen LogP) is 2.75. The molecule has 3 aromatic rings. The lowest BCUT2D eigenvalue weighted by atomic mass is 9.98. The van der Waals surface area contributed by atoms with Gasteiger partial charge in [-0.2, -0.15) is 5.26 Å². The SMILES string of the molecule is COCCNCC(=O)Nc1cccc(-c2cc(-c3ccccc3O)nc(N)c2C#N)c1. The molecule has 0 aliphatic rings. The van der Waals surface area contributed by atoms with Gasteiger partial charge in [-0.3, -0.25) is 4.79 Å². The molecule has 5 N–H and O–H groups in total. The first-order valence-electron chi connectivity index (χ1n) is 9.62. The highest BCUT2D eigenvalue weighted by atomic mass is 16.5. The number of nitrogen functional groups attached to an aromatic ring is 1. The van der Waals surface area contributed by atoms with Gasteiger partial charge in [0.15, 0.2) is 0 Å². The third kappa shape index (κ3) is 5.36. The maximum atomic E-state index is 12.2. The van der Waals surface area contributed by atoms with Gasteiger partial charge in [0.2, 0.25) is 5.91 Å². The number of methoxy groups -OCH3 is 1. The molecule has 0 saturated heterocycles. The van der Waals surface area contributed by atoms with Gasteiger partial charge < -0.3 is 26.2 Å². The molecule has 8 heteroatoms. The van der Waals surface area contributed by atoms with Gasteiger partial charge in [0.25, 0.3) is 0 Å². The summed E-state index contributed by atoms with van der Waals surface area (Å²) in [5.74, 6) is -0.0695. The minimum atomic E-state index is -0.196. The Hall–Kier alpha value is -3.93. The minimum Gasteiger partial charge on any atom is -0.507 e. The van der Waals surface area contributed by atoms with Crippen molar-refractivity contribution in [2.75, 3.05) is 37.9 Å². The van der Waals surface area contributed by atoms with Crippen molar-refractivity contribution in [2.24, 2.45) is 0 Å². The van der Waals surface area contributed by atoms with Gasteiger partial charge in [-0.25, -0.2) is 4.98 Å². The van der Waals surface area contributed by atoms with Crippen LogP contribution in [0.25, 0.3) is 22.4 Å². The standard InChI is InChI=1S/C23H23N5O3/c1-31-10-9-26-14-22(30)27-16-6-4-5-15(11-16)18-12-20(28-23(25)19(18)13-24)17-7-2-3-8-21(17)29/h2-8,11-12,26,29H,9-10,14H2,1H3,(H2,25,28)(H,27,30). The molecular formula is C23H23N5O3. The number of ether oxygens (including phenoxy) is 1. The highest BCUT2D eigenvalue weighted by molar-refractivity contribution is 5.93. The summed E-state index contributed by atoms with van der Waals surface area (Å²) in [5.41, 5.74) is 9.06. The summed E-state index contributed by atoms with van der Waals surface area (Å²) >= 11 is 0. The number of pyridine rings is 1. The predicted molar refractivity (Wildman–Crippen MR) is 119 cm³/mol. The summed E-state index contributed by atoms with van der Waals surface area (Å²) in [5, 5.41) is 25.6. The molecule has 1 amide bonds. The number of nitrogens with two attached hydrogens (primary N) is 1. The van der Waals surface area contributed by atoms with Crippen LogP contribution in [0.4, 0.5) is 11.5 Å². The van der Waals surface area contributed by atoms with Crippen LogP contribution in [-0.2, 0) is 9.53 Å². The first-order valence-corrected chi connectivity index (χ1v) is 9.62. The fourth-order valence-corrected chi connectivity index (χ4v) is 3.08. The summed E-state index contributed by atoms with van der Waals surface area (Å²) in [6.45, 7) is 1.24. The fraction of sp³-hybridized carbons (Fsp3) is 0.174. The zero-order valence-electron chi connectivity index (χ0n) is 17.1. The molecule has 0 unspecified atom stereocenters. The molecule has 0 radical (unpaired) electrons. The Morgan fingerprint density at radius 2 is 2.00 bits per heavy atom. The van der Waals surface area contributed by atoms with Crippen molar-refractivity contribution in [3.63, 3.8) is 0 Å². The Morgan fingerprint density at radius 3 is 2.74 bits per heavy atom. The summed E-state index contributed by atoms with van der Waals surface area (Å²) in [6.07, 6.45) is 0. The second-order valence-electron chi connectivity index (χ2n) is 6.74. The Morgan fingerprint density at radius 1 is 1.19 bits per heavy atom. The number of carbonyl (C=O) groups excluding carboxylic acids is 1. The molecule has 31 heavy (non-hydrogen) atoms. The van der Waals surface area contributed by atoms with Gasteiger partial charge in [0, 0.05) is 30.5 Å². The van der Waals surface area contributed by atoms with E-state index in [2.05, 4.69) is 21.7 Å². The highest BCUT2D eigenvalue weighted by Gasteiger charge is 2.15. The molecular weight excluding hydrogens is 394 g/mol. The van der Waals surface area contributed by atoms with E-state index in [1.807, 2.05) is 6.07 Å². The van der Waals surface area contributed by atoms with Crippen molar-refractivity contribution in [3.05, 3.63) is 60.2 Å². The second kappa shape index (κ2) is 10.2. The molecule has 1 aromatic heterocycles. The number of para-hydroxylation sites is 1. The molecule has 158 valence electrons. The van der Waals surface area contributed by atoms with Crippen LogP contribution in [0.2, 0.25) is 0 Å². The molecule has 0 spiro atoms. The van der Waals surface area contributed by atoms with E-state index in [0.29, 0.717) is 41.2 Å². The average Bonchev–Trinajstić information content (AvgIpc) is 2.76. The van der Waals surface area contributed by atoms with Gasteiger partial charge in [0.1, 0.15) is 23.2 Å². The Balaban J connectivity index is 1.92. The van der Waals surface area contributed by atoms with E-state index in [1.54, 1.807) is 55.6 Å². The molecule has 1 heterocycles. The average molecular weight is 417 g/mol. The number of nitrogens with zero attached hydrogens (tertiary/aromatic N) is 2. The number of amides is 1. The number of hydrogen-bond donors (Lipinski definition) is 4. The van der Waals surface area contributed by atoms with Crippen LogP contribution < -0.4 is 16.4 Å². The Bertz CT molecular complexity index is 1120. The number of phenols is 1. The highest BCUT2D eigenvalue weighted by Crippen LogP contribution is 2.35. The molecule has 0 aliphatic carbocycles. The van der Waals surface area contributed by atoms with Crippen molar-refractivity contribution >= 4 is 17.4 Å². The summed E-state index contributed by atoms with van der Waals surface area (Å²) in [6, 6.07) is 17.7. The smallest absolute Gasteiger partial charge is 0.238 e. The molecule has 3 rings (SSSR count). The van der Waals surface area contributed by atoms with Crippen molar-refractivity contribution in [2.45, 2.75) is 0 Å².